The van der Waals surface area contributed by atoms with Gasteiger partial charge in [0.2, 0.25) is 5.91 Å². The van der Waals surface area contributed by atoms with E-state index < -0.39 is 0 Å². The van der Waals surface area contributed by atoms with Gasteiger partial charge in [0.05, 0.1) is 17.3 Å². The van der Waals surface area contributed by atoms with Gasteiger partial charge in [0.1, 0.15) is 0 Å². The summed E-state index contributed by atoms with van der Waals surface area (Å²) >= 11 is 15.2. The molecule has 0 spiro atoms. The van der Waals surface area contributed by atoms with Gasteiger partial charge in [0.15, 0.2) is 0 Å². The van der Waals surface area contributed by atoms with Crippen molar-refractivity contribution in [2.24, 2.45) is 0 Å². The molecule has 6 heteroatoms. The van der Waals surface area contributed by atoms with E-state index in [1.165, 1.54) is 0 Å². The zero-order chi connectivity index (χ0) is 14.5. The number of carbonyl (C=O) groups is 1. The van der Waals surface area contributed by atoms with Crippen LogP contribution in [0.15, 0.2) is 46.9 Å². The van der Waals surface area contributed by atoms with Gasteiger partial charge in [0.25, 0.3) is 0 Å². The van der Waals surface area contributed by atoms with E-state index in [9.17, 15) is 4.79 Å². The van der Waals surface area contributed by atoms with Crippen LogP contribution in [0.4, 0.5) is 11.4 Å². The SMILES string of the molecule is O=C(CNc1cc(Br)ccc1Cl)Nc1ccc(Cl)cc1. The lowest BCUT2D eigenvalue weighted by atomic mass is 10.3. The van der Waals surface area contributed by atoms with E-state index in [-0.39, 0.29) is 12.5 Å². The van der Waals surface area contributed by atoms with E-state index in [2.05, 4.69) is 26.6 Å². The van der Waals surface area contributed by atoms with E-state index in [1.807, 2.05) is 12.1 Å². The molecular formula is C14H11BrCl2N2O. The molecule has 0 radical (unpaired) electrons. The van der Waals surface area contributed by atoms with Gasteiger partial charge in [0, 0.05) is 15.2 Å². The average Bonchev–Trinajstić information content (AvgIpc) is 2.42. The number of hydrogen-bond donors (Lipinski definition) is 2. The monoisotopic (exact) mass is 372 g/mol. The Bertz CT molecular complexity index is 617. The number of halogens is 3. The van der Waals surface area contributed by atoms with Gasteiger partial charge in [-0.1, -0.05) is 39.1 Å². The van der Waals surface area contributed by atoms with Gasteiger partial charge in [-0.3, -0.25) is 4.79 Å². The minimum Gasteiger partial charge on any atom is -0.375 e. The molecule has 0 heterocycles. The van der Waals surface area contributed by atoms with Gasteiger partial charge >= 0.3 is 0 Å². The van der Waals surface area contributed by atoms with Gasteiger partial charge in [-0.15, -0.1) is 0 Å². The molecule has 0 saturated heterocycles. The van der Waals surface area contributed by atoms with Crippen LogP contribution in [0.1, 0.15) is 0 Å². The third-order valence-corrected chi connectivity index (χ3v) is 3.57. The van der Waals surface area contributed by atoms with Crippen LogP contribution in [-0.2, 0) is 4.79 Å². The first-order chi connectivity index (χ1) is 9.54. The lowest BCUT2D eigenvalue weighted by Gasteiger charge is -2.09. The average molecular weight is 374 g/mol. The molecule has 0 aromatic heterocycles. The molecule has 0 aliphatic carbocycles. The highest BCUT2D eigenvalue weighted by Crippen LogP contribution is 2.25. The molecule has 2 rings (SSSR count). The number of hydrogen-bond acceptors (Lipinski definition) is 2. The number of benzene rings is 2. The Morgan fingerprint density at radius 3 is 2.50 bits per heavy atom. The molecule has 2 N–H and O–H groups in total. The molecule has 0 unspecified atom stereocenters. The second kappa shape index (κ2) is 6.97. The Hall–Kier alpha value is -1.23. The zero-order valence-corrected chi connectivity index (χ0v) is 13.4. The van der Waals surface area contributed by atoms with Crippen molar-refractivity contribution in [1.29, 1.82) is 0 Å². The zero-order valence-electron chi connectivity index (χ0n) is 10.3. The van der Waals surface area contributed by atoms with Crippen molar-refractivity contribution in [1.82, 2.24) is 0 Å². The molecular weight excluding hydrogens is 363 g/mol. The maximum absolute atomic E-state index is 11.8. The number of anilines is 2. The van der Waals surface area contributed by atoms with E-state index in [4.69, 9.17) is 23.2 Å². The van der Waals surface area contributed by atoms with Crippen molar-refractivity contribution in [2.75, 3.05) is 17.2 Å². The molecule has 0 aliphatic rings. The van der Waals surface area contributed by atoms with Crippen molar-refractivity contribution in [3.05, 3.63) is 57.0 Å². The van der Waals surface area contributed by atoms with Crippen LogP contribution in [0, 0.1) is 0 Å². The van der Waals surface area contributed by atoms with Crippen LogP contribution in [0.3, 0.4) is 0 Å². The van der Waals surface area contributed by atoms with E-state index in [1.54, 1.807) is 30.3 Å². The van der Waals surface area contributed by atoms with Crippen LogP contribution < -0.4 is 10.6 Å². The summed E-state index contributed by atoms with van der Waals surface area (Å²) in [6, 6.07) is 12.3. The highest BCUT2D eigenvalue weighted by Gasteiger charge is 2.05. The summed E-state index contributed by atoms with van der Waals surface area (Å²) in [5.74, 6) is -0.164. The van der Waals surface area contributed by atoms with Crippen LogP contribution in [0.2, 0.25) is 10.0 Å². The molecule has 2 aromatic rings. The Labute approximate surface area is 135 Å². The molecule has 0 fully saturated rings. The van der Waals surface area contributed by atoms with Crippen molar-refractivity contribution in [3.8, 4) is 0 Å². The summed E-state index contributed by atoms with van der Waals surface area (Å²) in [4.78, 5) is 11.8. The molecule has 1 amide bonds. The third kappa shape index (κ3) is 4.40. The fraction of sp³-hybridized carbons (Fsp3) is 0.0714. The molecule has 0 bridgehead atoms. The Morgan fingerprint density at radius 2 is 1.80 bits per heavy atom. The second-order valence-electron chi connectivity index (χ2n) is 4.03. The van der Waals surface area contributed by atoms with Crippen LogP contribution in [0.5, 0.6) is 0 Å². The van der Waals surface area contributed by atoms with Crippen molar-refractivity contribution in [2.45, 2.75) is 0 Å². The van der Waals surface area contributed by atoms with Gasteiger partial charge in [-0.05, 0) is 42.5 Å². The molecule has 0 atom stereocenters. The first-order valence-electron chi connectivity index (χ1n) is 5.79. The third-order valence-electron chi connectivity index (χ3n) is 2.50. The molecule has 20 heavy (non-hydrogen) atoms. The Morgan fingerprint density at radius 1 is 1.10 bits per heavy atom. The van der Waals surface area contributed by atoms with E-state index >= 15 is 0 Å². The summed E-state index contributed by atoms with van der Waals surface area (Å²) < 4.78 is 0.891. The predicted octanol–water partition coefficient (Wildman–Crippen LogP) is 4.81. The Kier molecular flexibility index (Phi) is 5.29. The molecule has 104 valence electrons. The maximum Gasteiger partial charge on any atom is 0.243 e. The summed E-state index contributed by atoms with van der Waals surface area (Å²) in [5, 5.41) is 6.93. The topological polar surface area (TPSA) is 41.1 Å². The van der Waals surface area contributed by atoms with Gasteiger partial charge in [-0.2, -0.15) is 0 Å². The Balaban J connectivity index is 1.92. The highest BCUT2D eigenvalue weighted by molar-refractivity contribution is 9.10. The smallest absolute Gasteiger partial charge is 0.243 e. The van der Waals surface area contributed by atoms with E-state index in [0.29, 0.717) is 21.4 Å². The number of carbonyl (C=O) groups excluding carboxylic acids is 1. The normalized spacial score (nSPS) is 10.2. The van der Waals surface area contributed by atoms with Crippen LogP contribution in [-0.4, -0.2) is 12.5 Å². The summed E-state index contributed by atoms with van der Waals surface area (Å²) in [7, 11) is 0. The largest absolute Gasteiger partial charge is 0.375 e. The number of amides is 1. The van der Waals surface area contributed by atoms with Crippen molar-refractivity contribution in [3.63, 3.8) is 0 Å². The summed E-state index contributed by atoms with van der Waals surface area (Å²) in [6.45, 7) is 0.124. The minimum absolute atomic E-state index is 0.124. The van der Waals surface area contributed by atoms with Gasteiger partial charge < -0.3 is 10.6 Å². The maximum atomic E-state index is 11.8. The fourth-order valence-electron chi connectivity index (χ4n) is 1.55. The number of nitrogens with one attached hydrogen (secondary N) is 2. The molecule has 2 aromatic carbocycles. The minimum atomic E-state index is -0.164. The standard InChI is InChI=1S/C14H11BrCl2N2O/c15-9-1-6-12(17)13(7-9)18-8-14(20)19-11-4-2-10(16)3-5-11/h1-7,18H,8H2,(H,19,20). The molecule has 3 nitrogen and oxygen atoms in total. The van der Waals surface area contributed by atoms with E-state index in [0.717, 1.165) is 4.47 Å². The van der Waals surface area contributed by atoms with Crippen molar-refractivity contribution < 1.29 is 4.79 Å². The summed E-state index contributed by atoms with van der Waals surface area (Å²) in [5.41, 5.74) is 1.40. The number of rotatable bonds is 4. The lowest BCUT2D eigenvalue weighted by Crippen LogP contribution is -2.21. The van der Waals surface area contributed by atoms with Crippen molar-refractivity contribution >= 4 is 56.4 Å². The summed E-state index contributed by atoms with van der Waals surface area (Å²) in [6.07, 6.45) is 0. The molecule has 0 saturated carbocycles. The second-order valence-corrected chi connectivity index (χ2v) is 5.79. The fourth-order valence-corrected chi connectivity index (χ4v) is 2.22. The molecule has 0 aliphatic heterocycles. The first-order valence-corrected chi connectivity index (χ1v) is 7.34. The van der Waals surface area contributed by atoms with Crippen LogP contribution in [0.25, 0.3) is 0 Å². The first kappa shape index (κ1) is 15.2. The highest BCUT2D eigenvalue weighted by atomic mass is 79.9. The lowest BCUT2D eigenvalue weighted by molar-refractivity contribution is -0.114. The van der Waals surface area contributed by atoms with Crippen LogP contribution >= 0.6 is 39.1 Å². The quantitative estimate of drug-likeness (QED) is 0.807. The predicted molar refractivity (Wildman–Crippen MR) is 87.7 cm³/mol. The van der Waals surface area contributed by atoms with Gasteiger partial charge in [-0.25, -0.2) is 0 Å².